The van der Waals surface area contributed by atoms with Crippen LogP contribution in [-0.2, 0) is 4.79 Å². The van der Waals surface area contributed by atoms with Gasteiger partial charge in [-0.1, -0.05) is 27.2 Å². The van der Waals surface area contributed by atoms with Crippen LogP contribution in [0.5, 0.6) is 0 Å². The van der Waals surface area contributed by atoms with Crippen molar-refractivity contribution in [3.05, 3.63) is 0 Å². The summed E-state index contributed by atoms with van der Waals surface area (Å²) in [4.78, 5) is 15.2. The zero-order valence-corrected chi connectivity index (χ0v) is 13.5. The van der Waals surface area contributed by atoms with E-state index in [1.807, 2.05) is 0 Å². The normalized spacial score (nSPS) is 33.3. The third-order valence-electron chi connectivity index (χ3n) is 5.06. The van der Waals surface area contributed by atoms with E-state index in [4.69, 9.17) is 0 Å². The number of rotatable bonds is 3. The lowest BCUT2D eigenvalue weighted by Crippen LogP contribution is -2.44. The molecule has 0 radical (unpaired) electrons. The molecule has 19 heavy (non-hydrogen) atoms. The van der Waals surface area contributed by atoms with Crippen LogP contribution >= 0.6 is 12.4 Å². The summed E-state index contributed by atoms with van der Waals surface area (Å²) < 4.78 is 0. The number of hydrogen-bond donors (Lipinski definition) is 0. The van der Waals surface area contributed by atoms with Gasteiger partial charge in [-0.15, -0.1) is 12.4 Å². The van der Waals surface area contributed by atoms with Crippen molar-refractivity contribution in [3.63, 3.8) is 0 Å². The molecule has 0 aromatic rings. The Kier molecular flexibility index (Phi) is 6.82. The Labute approximate surface area is 124 Å². The Morgan fingerprint density at radius 3 is 2.37 bits per heavy atom. The first-order valence-electron chi connectivity index (χ1n) is 7.85. The number of likely N-dealkylation sites (tertiary alicyclic amines) is 1. The molecule has 3 unspecified atom stereocenters. The van der Waals surface area contributed by atoms with Crippen LogP contribution in [0, 0.1) is 23.7 Å². The van der Waals surface area contributed by atoms with Crippen LogP contribution < -0.4 is 0 Å². The van der Waals surface area contributed by atoms with Crippen LogP contribution in [-0.4, -0.2) is 30.3 Å². The second kappa shape index (κ2) is 7.64. The maximum absolute atomic E-state index is 12.6. The summed E-state index contributed by atoms with van der Waals surface area (Å²) in [5.74, 6) is 2.32. The third-order valence-corrected chi connectivity index (χ3v) is 5.06. The van der Waals surface area contributed by atoms with E-state index in [1.54, 1.807) is 0 Å². The summed E-state index contributed by atoms with van der Waals surface area (Å²) in [5, 5.41) is 0. The van der Waals surface area contributed by atoms with Gasteiger partial charge in [0.25, 0.3) is 0 Å². The predicted octanol–water partition coefficient (Wildman–Crippen LogP) is 3.78. The van der Waals surface area contributed by atoms with Crippen LogP contribution in [0.3, 0.4) is 0 Å². The molecule has 1 saturated heterocycles. The van der Waals surface area contributed by atoms with Crippen LogP contribution in [0.1, 0.15) is 52.9 Å². The zero-order valence-electron chi connectivity index (χ0n) is 12.7. The minimum atomic E-state index is 0. The molecule has 3 atom stereocenters. The molecule has 3 heteroatoms. The monoisotopic (exact) mass is 287 g/mol. The molecular weight excluding hydrogens is 258 g/mol. The van der Waals surface area contributed by atoms with Gasteiger partial charge in [0, 0.05) is 18.4 Å². The molecule has 0 amide bonds. The zero-order chi connectivity index (χ0) is 13.1. The number of nitrogens with zero attached hydrogens (tertiary/aromatic N) is 1. The van der Waals surface area contributed by atoms with E-state index < -0.39 is 0 Å². The highest BCUT2D eigenvalue weighted by Gasteiger charge is 2.37. The Morgan fingerprint density at radius 2 is 1.79 bits per heavy atom. The molecule has 1 aliphatic carbocycles. The molecule has 2 rings (SSSR count). The van der Waals surface area contributed by atoms with E-state index in [-0.39, 0.29) is 12.4 Å². The summed E-state index contributed by atoms with van der Waals surface area (Å²) in [6.07, 6.45) is 6.38. The number of carbonyl (C=O) groups excluding carboxylic acids is 1. The second-order valence-electron chi connectivity index (χ2n) is 6.78. The number of piperidine rings is 1. The fourth-order valence-corrected chi connectivity index (χ4v) is 3.69. The second-order valence-corrected chi connectivity index (χ2v) is 6.78. The van der Waals surface area contributed by atoms with Crippen molar-refractivity contribution in [2.75, 3.05) is 19.6 Å². The van der Waals surface area contributed by atoms with Crippen molar-refractivity contribution in [2.24, 2.45) is 23.7 Å². The van der Waals surface area contributed by atoms with Crippen LogP contribution in [0.4, 0.5) is 0 Å². The molecule has 0 bridgehead atoms. The number of ketones is 1. The van der Waals surface area contributed by atoms with E-state index in [1.165, 1.54) is 38.8 Å². The van der Waals surface area contributed by atoms with E-state index in [0.717, 1.165) is 13.0 Å². The molecule has 0 aromatic carbocycles. The van der Waals surface area contributed by atoms with Gasteiger partial charge in [-0.25, -0.2) is 0 Å². The summed E-state index contributed by atoms with van der Waals surface area (Å²) in [6, 6.07) is 0. The van der Waals surface area contributed by atoms with Crippen molar-refractivity contribution in [3.8, 4) is 0 Å². The quantitative estimate of drug-likeness (QED) is 0.787. The summed E-state index contributed by atoms with van der Waals surface area (Å²) in [5.41, 5.74) is 0. The summed E-state index contributed by atoms with van der Waals surface area (Å²) in [7, 11) is 0. The largest absolute Gasteiger partial charge is 0.303 e. The van der Waals surface area contributed by atoms with Gasteiger partial charge in [-0.3, -0.25) is 4.79 Å². The molecule has 1 aliphatic heterocycles. The predicted molar refractivity (Wildman–Crippen MR) is 82.8 cm³/mol. The molecule has 0 aromatic heterocycles. The molecule has 112 valence electrons. The number of Topliss-reactive ketones (excluding diaryl/α,β-unsaturated/α-hetero) is 1. The minimum Gasteiger partial charge on any atom is -0.303 e. The van der Waals surface area contributed by atoms with Gasteiger partial charge in [0.15, 0.2) is 0 Å². The maximum Gasteiger partial charge on any atom is 0.140 e. The number of carbonyl (C=O) groups is 1. The first-order valence-corrected chi connectivity index (χ1v) is 7.85. The van der Waals surface area contributed by atoms with Crippen molar-refractivity contribution < 1.29 is 4.79 Å². The number of halogens is 1. The van der Waals surface area contributed by atoms with Gasteiger partial charge >= 0.3 is 0 Å². The summed E-state index contributed by atoms with van der Waals surface area (Å²) >= 11 is 0. The highest BCUT2D eigenvalue weighted by molar-refractivity contribution is 5.85. The topological polar surface area (TPSA) is 20.3 Å². The lowest BCUT2D eigenvalue weighted by atomic mass is 9.70. The maximum atomic E-state index is 12.6. The van der Waals surface area contributed by atoms with Crippen molar-refractivity contribution in [2.45, 2.75) is 52.9 Å². The Balaban J connectivity index is 0.00000180. The average Bonchev–Trinajstić information content (AvgIpc) is 2.35. The van der Waals surface area contributed by atoms with Gasteiger partial charge in [0.1, 0.15) is 5.78 Å². The molecule has 0 N–H and O–H groups in total. The molecule has 2 nitrogen and oxygen atoms in total. The highest BCUT2D eigenvalue weighted by Crippen LogP contribution is 2.35. The first-order chi connectivity index (χ1) is 8.59. The average molecular weight is 288 g/mol. The summed E-state index contributed by atoms with van der Waals surface area (Å²) in [6.45, 7) is 10.1. The van der Waals surface area contributed by atoms with Crippen LogP contribution in [0.25, 0.3) is 0 Å². The SMILES string of the molecule is CC(C)C1CCC(C)C(CN2CCCCC2)C1=O.Cl. The molecule has 2 fully saturated rings. The number of hydrogen-bond acceptors (Lipinski definition) is 2. The lowest BCUT2D eigenvalue weighted by molar-refractivity contribution is -0.133. The van der Waals surface area contributed by atoms with E-state index in [0.29, 0.717) is 29.5 Å². The van der Waals surface area contributed by atoms with Crippen LogP contribution in [0.15, 0.2) is 0 Å². The Morgan fingerprint density at radius 1 is 1.16 bits per heavy atom. The first kappa shape index (κ1) is 17.0. The van der Waals surface area contributed by atoms with Gasteiger partial charge in [0.05, 0.1) is 0 Å². The smallest absolute Gasteiger partial charge is 0.140 e. The van der Waals surface area contributed by atoms with Gasteiger partial charge < -0.3 is 4.90 Å². The molecule has 0 spiro atoms. The van der Waals surface area contributed by atoms with Crippen molar-refractivity contribution in [1.29, 1.82) is 0 Å². The third kappa shape index (κ3) is 4.19. The molecule has 1 saturated carbocycles. The van der Waals surface area contributed by atoms with E-state index in [2.05, 4.69) is 25.7 Å². The molecular formula is C16H30ClNO. The van der Waals surface area contributed by atoms with Crippen LogP contribution in [0.2, 0.25) is 0 Å². The van der Waals surface area contributed by atoms with Crippen molar-refractivity contribution >= 4 is 18.2 Å². The van der Waals surface area contributed by atoms with Gasteiger partial charge in [-0.05, 0) is 50.6 Å². The minimum absolute atomic E-state index is 0. The van der Waals surface area contributed by atoms with E-state index in [9.17, 15) is 4.79 Å². The van der Waals surface area contributed by atoms with E-state index >= 15 is 0 Å². The molecule has 1 heterocycles. The Bertz CT molecular complexity index is 286. The molecule has 2 aliphatic rings. The standard InChI is InChI=1S/C16H29NO.ClH/c1-12(2)14-8-7-13(3)15(16(14)18)11-17-9-5-4-6-10-17;/h12-15H,4-11H2,1-3H3;1H. The Hall–Kier alpha value is -0.0800. The van der Waals surface area contributed by atoms with Gasteiger partial charge in [-0.2, -0.15) is 0 Å². The van der Waals surface area contributed by atoms with Gasteiger partial charge in [0.2, 0.25) is 0 Å². The fraction of sp³-hybridized carbons (Fsp3) is 0.938. The lowest BCUT2D eigenvalue weighted by Gasteiger charge is -2.38. The van der Waals surface area contributed by atoms with Crippen molar-refractivity contribution in [1.82, 2.24) is 4.90 Å². The fourth-order valence-electron chi connectivity index (χ4n) is 3.69. The highest BCUT2D eigenvalue weighted by atomic mass is 35.5.